The number of aryl methyl sites for hydroxylation is 1. The molecule has 1 aliphatic rings. The van der Waals surface area contributed by atoms with Crippen LogP contribution < -0.4 is 14.4 Å². The molecule has 0 spiro atoms. The maximum atomic E-state index is 12.2. The molecule has 0 atom stereocenters. The molecule has 6 nitrogen and oxygen atoms in total. The second-order valence-electron chi connectivity index (χ2n) is 6.64. The van der Waals surface area contributed by atoms with Crippen LogP contribution in [0.25, 0.3) is 0 Å². The third kappa shape index (κ3) is 5.44. The van der Waals surface area contributed by atoms with Gasteiger partial charge in [-0.1, -0.05) is 0 Å². The number of sulfonamides is 1. The molecule has 1 aromatic heterocycles. The maximum Gasteiger partial charge on any atom is 0.250 e. The standard InChI is InChI=1S/C19H27N3O3S2/c1-16-4-9-19(26-16)27(23,24)20-10-3-11-21-12-14-22(15-13-21)17-5-7-18(25-2)8-6-17/h4-9,20H,3,10-15H2,1-2H3. The molecule has 0 saturated carbocycles. The van der Waals surface area contributed by atoms with Crippen molar-refractivity contribution in [3.63, 3.8) is 0 Å². The molecule has 0 unspecified atom stereocenters. The van der Waals surface area contributed by atoms with Gasteiger partial charge in [-0.15, -0.1) is 11.3 Å². The molecule has 27 heavy (non-hydrogen) atoms. The molecule has 0 aliphatic carbocycles. The van der Waals surface area contributed by atoms with E-state index < -0.39 is 10.0 Å². The van der Waals surface area contributed by atoms with Gasteiger partial charge in [-0.3, -0.25) is 4.90 Å². The topological polar surface area (TPSA) is 61.9 Å². The Morgan fingerprint density at radius 2 is 1.78 bits per heavy atom. The number of thiophene rings is 1. The molecule has 1 fully saturated rings. The van der Waals surface area contributed by atoms with Gasteiger partial charge in [0.15, 0.2) is 0 Å². The summed E-state index contributed by atoms with van der Waals surface area (Å²) in [5, 5.41) is 0. The van der Waals surface area contributed by atoms with E-state index in [1.54, 1.807) is 13.2 Å². The summed E-state index contributed by atoms with van der Waals surface area (Å²) in [4.78, 5) is 5.77. The predicted molar refractivity (Wildman–Crippen MR) is 111 cm³/mol. The first-order valence-electron chi connectivity index (χ1n) is 9.15. The van der Waals surface area contributed by atoms with Crippen molar-refractivity contribution in [3.8, 4) is 5.75 Å². The second kappa shape index (κ2) is 9.05. The van der Waals surface area contributed by atoms with Gasteiger partial charge in [0.1, 0.15) is 9.96 Å². The van der Waals surface area contributed by atoms with Gasteiger partial charge in [-0.2, -0.15) is 0 Å². The highest BCUT2D eigenvalue weighted by Crippen LogP contribution is 2.21. The van der Waals surface area contributed by atoms with Crippen molar-refractivity contribution in [3.05, 3.63) is 41.3 Å². The number of nitrogens with one attached hydrogen (secondary N) is 1. The number of benzene rings is 1. The molecule has 0 amide bonds. The van der Waals surface area contributed by atoms with Crippen LogP contribution in [-0.2, 0) is 10.0 Å². The van der Waals surface area contributed by atoms with Crippen LogP contribution in [0.5, 0.6) is 5.75 Å². The van der Waals surface area contributed by atoms with Gasteiger partial charge in [0.25, 0.3) is 0 Å². The van der Waals surface area contributed by atoms with Gasteiger partial charge in [-0.25, -0.2) is 13.1 Å². The van der Waals surface area contributed by atoms with E-state index in [9.17, 15) is 8.42 Å². The van der Waals surface area contributed by atoms with E-state index >= 15 is 0 Å². The van der Waals surface area contributed by atoms with E-state index in [1.165, 1.54) is 17.0 Å². The number of anilines is 1. The SMILES string of the molecule is COc1ccc(N2CCN(CCCNS(=O)(=O)c3ccc(C)s3)CC2)cc1. The molecule has 3 rings (SSSR count). The Morgan fingerprint density at radius 1 is 1.07 bits per heavy atom. The first-order valence-corrected chi connectivity index (χ1v) is 11.5. The second-order valence-corrected chi connectivity index (χ2v) is 9.92. The summed E-state index contributed by atoms with van der Waals surface area (Å²) in [6.07, 6.45) is 0.812. The van der Waals surface area contributed by atoms with Crippen LogP contribution in [0.4, 0.5) is 5.69 Å². The summed E-state index contributed by atoms with van der Waals surface area (Å²) in [5.41, 5.74) is 1.22. The van der Waals surface area contributed by atoms with E-state index in [4.69, 9.17) is 4.74 Å². The van der Waals surface area contributed by atoms with Crippen molar-refractivity contribution in [2.45, 2.75) is 17.6 Å². The van der Waals surface area contributed by atoms with Gasteiger partial charge in [0, 0.05) is 43.3 Å². The Kier molecular flexibility index (Phi) is 6.75. The fourth-order valence-electron chi connectivity index (χ4n) is 3.16. The third-order valence-corrected chi connectivity index (χ3v) is 7.69. The number of rotatable bonds is 8. The lowest BCUT2D eigenvalue weighted by molar-refractivity contribution is 0.255. The van der Waals surface area contributed by atoms with Gasteiger partial charge in [-0.05, 0) is 56.3 Å². The molecule has 2 aromatic rings. The molecule has 2 heterocycles. The van der Waals surface area contributed by atoms with E-state index in [0.717, 1.165) is 49.8 Å². The Bertz CT molecular complexity index is 826. The first kappa shape index (κ1) is 20.1. The van der Waals surface area contributed by atoms with Crippen LogP contribution in [0.3, 0.4) is 0 Å². The first-order chi connectivity index (χ1) is 13.0. The van der Waals surface area contributed by atoms with Crippen LogP contribution in [0.2, 0.25) is 0 Å². The average Bonchev–Trinajstić information content (AvgIpc) is 3.13. The molecule has 1 aromatic carbocycles. The number of methoxy groups -OCH3 is 1. The summed E-state index contributed by atoms with van der Waals surface area (Å²) in [6.45, 7) is 7.22. The molecule has 1 saturated heterocycles. The molecule has 148 valence electrons. The fourth-order valence-corrected chi connectivity index (χ4v) is 5.56. The molecule has 1 aliphatic heterocycles. The summed E-state index contributed by atoms with van der Waals surface area (Å²) in [5.74, 6) is 0.873. The molecule has 1 N–H and O–H groups in total. The molecular formula is C19H27N3O3S2. The number of hydrogen-bond donors (Lipinski definition) is 1. The van der Waals surface area contributed by atoms with Crippen LogP contribution in [0.15, 0.2) is 40.6 Å². The van der Waals surface area contributed by atoms with Crippen molar-refractivity contribution < 1.29 is 13.2 Å². The lowest BCUT2D eigenvalue weighted by Gasteiger charge is -2.36. The number of piperazine rings is 1. The highest BCUT2D eigenvalue weighted by atomic mass is 32.2. The highest BCUT2D eigenvalue weighted by Gasteiger charge is 2.18. The Hall–Kier alpha value is -1.61. The Morgan fingerprint density at radius 3 is 2.37 bits per heavy atom. The lowest BCUT2D eigenvalue weighted by Crippen LogP contribution is -2.47. The minimum atomic E-state index is -3.36. The monoisotopic (exact) mass is 409 g/mol. The maximum absolute atomic E-state index is 12.2. The van der Waals surface area contributed by atoms with Crippen LogP contribution in [0.1, 0.15) is 11.3 Å². The van der Waals surface area contributed by atoms with Gasteiger partial charge in [0.05, 0.1) is 7.11 Å². The fraction of sp³-hybridized carbons (Fsp3) is 0.474. The normalized spacial score (nSPS) is 15.9. The van der Waals surface area contributed by atoms with Gasteiger partial charge >= 0.3 is 0 Å². The number of hydrogen-bond acceptors (Lipinski definition) is 6. The van der Waals surface area contributed by atoms with Crippen molar-refractivity contribution in [1.29, 1.82) is 0 Å². The van der Waals surface area contributed by atoms with Crippen molar-refractivity contribution >= 4 is 27.0 Å². The quantitative estimate of drug-likeness (QED) is 0.679. The van der Waals surface area contributed by atoms with Crippen molar-refractivity contribution in [2.24, 2.45) is 0 Å². The number of nitrogens with zero attached hydrogens (tertiary/aromatic N) is 2. The van der Waals surface area contributed by atoms with E-state index in [-0.39, 0.29) is 0 Å². The van der Waals surface area contributed by atoms with E-state index in [0.29, 0.717) is 10.8 Å². The third-order valence-electron chi connectivity index (χ3n) is 4.73. The number of ether oxygens (including phenoxy) is 1. The molecule has 0 radical (unpaired) electrons. The van der Waals surface area contributed by atoms with Crippen LogP contribution in [0, 0.1) is 6.92 Å². The smallest absolute Gasteiger partial charge is 0.250 e. The zero-order valence-electron chi connectivity index (χ0n) is 15.8. The summed E-state index contributed by atoms with van der Waals surface area (Å²) < 4.78 is 32.7. The van der Waals surface area contributed by atoms with E-state index in [2.05, 4.69) is 26.7 Å². The minimum absolute atomic E-state index is 0.396. The summed E-state index contributed by atoms with van der Waals surface area (Å²) in [7, 11) is -1.69. The Labute approximate surface area is 165 Å². The van der Waals surface area contributed by atoms with Crippen molar-refractivity contribution in [2.75, 3.05) is 51.3 Å². The lowest BCUT2D eigenvalue weighted by atomic mass is 10.2. The highest BCUT2D eigenvalue weighted by molar-refractivity contribution is 7.91. The zero-order valence-corrected chi connectivity index (χ0v) is 17.5. The van der Waals surface area contributed by atoms with Crippen LogP contribution >= 0.6 is 11.3 Å². The predicted octanol–water partition coefficient (Wildman–Crippen LogP) is 2.56. The largest absolute Gasteiger partial charge is 0.497 e. The van der Waals surface area contributed by atoms with Crippen LogP contribution in [-0.4, -0.2) is 59.7 Å². The molecule has 8 heteroatoms. The summed E-state index contributed by atoms with van der Waals surface area (Å²) >= 11 is 1.31. The van der Waals surface area contributed by atoms with Crippen molar-refractivity contribution in [1.82, 2.24) is 9.62 Å². The van der Waals surface area contributed by atoms with Gasteiger partial charge < -0.3 is 9.64 Å². The van der Waals surface area contributed by atoms with Gasteiger partial charge in [0.2, 0.25) is 10.0 Å². The molecular weight excluding hydrogens is 382 g/mol. The molecule has 0 bridgehead atoms. The summed E-state index contributed by atoms with van der Waals surface area (Å²) in [6, 6.07) is 11.7. The van der Waals surface area contributed by atoms with E-state index in [1.807, 2.05) is 25.1 Å². The minimum Gasteiger partial charge on any atom is -0.497 e. The average molecular weight is 410 g/mol. The Balaban J connectivity index is 1.38. The zero-order chi connectivity index (χ0) is 19.3.